The van der Waals surface area contributed by atoms with Gasteiger partial charge in [-0.15, -0.1) is 0 Å². The maximum atomic E-state index is 7.45. The summed E-state index contributed by atoms with van der Waals surface area (Å²) in [7, 11) is 0. The third-order valence-electron chi connectivity index (χ3n) is 3.29. The van der Waals surface area contributed by atoms with Crippen molar-refractivity contribution in [1.82, 2.24) is 4.98 Å². The van der Waals surface area contributed by atoms with Crippen molar-refractivity contribution in [3.63, 3.8) is 0 Å². The normalized spacial score (nSPS) is 24.0. The highest BCUT2D eigenvalue weighted by Gasteiger charge is 2.25. The molecule has 2 atom stereocenters. The fraction of sp³-hybridized carbons (Fsp3) is 0.538. The zero-order valence-electron chi connectivity index (χ0n) is 10.9. The smallest absolute Gasteiger partial charge is 0.141 e. The zero-order valence-corrected chi connectivity index (χ0v) is 10.9. The molecule has 5 nitrogen and oxygen atoms in total. The molecule has 0 amide bonds. The number of rotatable bonds is 3. The van der Waals surface area contributed by atoms with Crippen LogP contribution < -0.4 is 10.6 Å². The summed E-state index contributed by atoms with van der Waals surface area (Å²) in [5.74, 6) is 0.00575. The van der Waals surface area contributed by atoms with Crippen LogP contribution in [-0.4, -0.2) is 36.1 Å². The molecule has 1 aliphatic heterocycles. The van der Waals surface area contributed by atoms with Crippen molar-refractivity contribution >= 4 is 11.5 Å². The molecular formula is C13H20N4O. The molecule has 2 rings (SSSR count). The summed E-state index contributed by atoms with van der Waals surface area (Å²) in [4.78, 5) is 6.42. The van der Waals surface area contributed by atoms with Gasteiger partial charge in [0.05, 0.1) is 18.8 Å². The third kappa shape index (κ3) is 2.61. The van der Waals surface area contributed by atoms with E-state index in [9.17, 15) is 0 Å². The van der Waals surface area contributed by atoms with Crippen LogP contribution in [0.1, 0.15) is 26.0 Å². The van der Waals surface area contributed by atoms with E-state index in [-0.39, 0.29) is 11.9 Å². The number of nitrogen functional groups attached to an aromatic ring is 1. The van der Waals surface area contributed by atoms with Crippen molar-refractivity contribution in [1.29, 1.82) is 5.41 Å². The molecular weight excluding hydrogens is 228 g/mol. The second-order valence-corrected chi connectivity index (χ2v) is 4.67. The van der Waals surface area contributed by atoms with Crippen LogP contribution in [0.3, 0.4) is 0 Å². The van der Waals surface area contributed by atoms with Gasteiger partial charge in [-0.1, -0.05) is 6.92 Å². The number of morpholine rings is 1. The Morgan fingerprint density at radius 2 is 2.44 bits per heavy atom. The van der Waals surface area contributed by atoms with Crippen LogP contribution in [0.25, 0.3) is 0 Å². The molecule has 0 aromatic carbocycles. The molecule has 2 heterocycles. The lowest BCUT2D eigenvalue weighted by atomic mass is 10.1. The van der Waals surface area contributed by atoms with Crippen LogP contribution >= 0.6 is 0 Å². The summed E-state index contributed by atoms with van der Waals surface area (Å²) in [6.07, 6.45) is 2.96. The third-order valence-corrected chi connectivity index (χ3v) is 3.29. The van der Waals surface area contributed by atoms with E-state index in [1.54, 1.807) is 6.20 Å². The fourth-order valence-corrected chi connectivity index (χ4v) is 2.24. The molecule has 1 aromatic heterocycles. The Bertz CT molecular complexity index is 435. The highest BCUT2D eigenvalue weighted by Crippen LogP contribution is 2.23. The predicted octanol–water partition coefficient (Wildman–Crippen LogP) is 1.37. The molecule has 2 unspecified atom stereocenters. The number of anilines is 1. The van der Waals surface area contributed by atoms with Crippen molar-refractivity contribution in [3.05, 3.63) is 24.0 Å². The Labute approximate surface area is 107 Å². The lowest BCUT2D eigenvalue weighted by Crippen LogP contribution is -2.48. The number of nitrogens with two attached hydrogens (primary N) is 1. The van der Waals surface area contributed by atoms with Gasteiger partial charge in [-0.3, -0.25) is 10.4 Å². The Kier molecular flexibility index (Phi) is 3.81. The van der Waals surface area contributed by atoms with E-state index < -0.39 is 0 Å². The first-order valence-electron chi connectivity index (χ1n) is 6.30. The van der Waals surface area contributed by atoms with Gasteiger partial charge in [0, 0.05) is 18.4 Å². The largest absolute Gasteiger partial charge is 0.382 e. The number of nitrogens with one attached hydrogen (secondary N) is 1. The van der Waals surface area contributed by atoms with Crippen LogP contribution in [0.5, 0.6) is 0 Å². The van der Waals surface area contributed by atoms with Crippen molar-refractivity contribution in [3.8, 4) is 0 Å². The van der Waals surface area contributed by atoms with Gasteiger partial charge in [-0.25, -0.2) is 0 Å². The molecule has 0 radical (unpaired) electrons. The van der Waals surface area contributed by atoms with Gasteiger partial charge >= 0.3 is 0 Å². The summed E-state index contributed by atoms with van der Waals surface area (Å²) in [6.45, 7) is 5.84. The van der Waals surface area contributed by atoms with E-state index in [0.29, 0.717) is 11.7 Å². The molecule has 0 aliphatic carbocycles. The summed E-state index contributed by atoms with van der Waals surface area (Å²) < 4.78 is 5.69. The molecule has 0 bridgehead atoms. The number of amidine groups is 1. The van der Waals surface area contributed by atoms with Crippen molar-refractivity contribution in [2.75, 3.05) is 18.1 Å². The molecule has 3 N–H and O–H groups in total. The highest BCUT2D eigenvalue weighted by molar-refractivity contribution is 5.93. The van der Waals surface area contributed by atoms with Crippen molar-refractivity contribution in [2.45, 2.75) is 32.4 Å². The van der Waals surface area contributed by atoms with E-state index in [4.69, 9.17) is 15.9 Å². The lowest BCUT2D eigenvalue weighted by Gasteiger charge is -2.40. The average Bonchev–Trinajstić information content (AvgIpc) is 2.39. The highest BCUT2D eigenvalue weighted by atomic mass is 16.5. The molecule has 18 heavy (non-hydrogen) atoms. The van der Waals surface area contributed by atoms with Crippen LogP contribution in [0.2, 0.25) is 0 Å². The monoisotopic (exact) mass is 248 g/mol. The van der Waals surface area contributed by atoms with Gasteiger partial charge < -0.3 is 15.4 Å². The Morgan fingerprint density at radius 3 is 3.11 bits per heavy atom. The number of ether oxygens (including phenoxy) is 1. The quantitative estimate of drug-likeness (QED) is 0.626. The maximum absolute atomic E-state index is 7.45. The topological polar surface area (TPSA) is 75.2 Å². The maximum Gasteiger partial charge on any atom is 0.141 e. The molecule has 1 aromatic rings. The van der Waals surface area contributed by atoms with Crippen LogP contribution in [0.15, 0.2) is 18.3 Å². The van der Waals surface area contributed by atoms with Crippen LogP contribution in [-0.2, 0) is 4.74 Å². The van der Waals surface area contributed by atoms with E-state index in [1.807, 2.05) is 12.1 Å². The van der Waals surface area contributed by atoms with E-state index >= 15 is 0 Å². The van der Waals surface area contributed by atoms with E-state index in [2.05, 4.69) is 23.7 Å². The Hall–Kier alpha value is -1.62. The molecule has 0 saturated carbocycles. The van der Waals surface area contributed by atoms with Crippen LogP contribution in [0.4, 0.5) is 5.69 Å². The molecule has 98 valence electrons. The SMILES string of the molecule is CCC1COC(C)CN1c1ccnc(C(=N)N)c1. The Balaban J connectivity index is 2.27. The Morgan fingerprint density at radius 1 is 1.67 bits per heavy atom. The fourth-order valence-electron chi connectivity index (χ4n) is 2.24. The molecule has 5 heteroatoms. The van der Waals surface area contributed by atoms with Gasteiger partial charge in [0.15, 0.2) is 0 Å². The summed E-state index contributed by atoms with van der Waals surface area (Å²) in [5.41, 5.74) is 7.08. The summed E-state index contributed by atoms with van der Waals surface area (Å²) in [6, 6.07) is 4.22. The molecule has 1 fully saturated rings. The molecule has 1 saturated heterocycles. The number of hydrogen-bond acceptors (Lipinski definition) is 4. The van der Waals surface area contributed by atoms with Gasteiger partial charge in [0.25, 0.3) is 0 Å². The van der Waals surface area contributed by atoms with E-state index in [0.717, 1.165) is 25.3 Å². The number of aromatic nitrogens is 1. The van der Waals surface area contributed by atoms with E-state index in [1.165, 1.54) is 0 Å². The summed E-state index contributed by atoms with van der Waals surface area (Å²) >= 11 is 0. The van der Waals surface area contributed by atoms with Gasteiger partial charge in [0.1, 0.15) is 11.5 Å². The summed E-state index contributed by atoms with van der Waals surface area (Å²) in [5, 5.41) is 7.45. The second kappa shape index (κ2) is 5.35. The number of hydrogen-bond donors (Lipinski definition) is 2. The van der Waals surface area contributed by atoms with Gasteiger partial charge in [-0.2, -0.15) is 0 Å². The lowest BCUT2D eigenvalue weighted by molar-refractivity contribution is 0.0299. The predicted molar refractivity (Wildman–Crippen MR) is 72.1 cm³/mol. The first kappa shape index (κ1) is 12.8. The minimum absolute atomic E-state index is 0.00575. The second-order valence-electron chi connectivity index (χ2n) is 4.67. The molecule has 1 aliphatic rings. The van der Waals surface area contributed by atoms with Gasteiger partial charge in [0.2, 0.25) is 0 Å². The van der Waals surface area contributed by atoms with Crippen molar-refractivity contribution in [2.24, 2.45) is 5.73 Å². The van der Waals surface area contributed by atoms with Crippen LogP contribution in [0, 0.1) is 5.41 Å². The minimum atomic E-state index is 0.00575. The zero-order chi connectivity index (χ0) is 13.1. The minimum Gasteiger partial charge on any atom is -0.382 e. The van der Waals surface area contributed by atoms with Crippen molar-refractivity contribution < 1.29 is 4.74 Å². The number of nitrogens with zero attached hydrogens (tertiary/aromatic N) is 2. The number of pyridine rings is 1. The molecule has 0 spiro atoms. The van der Waals surface area contributed by atoms with Gasteiger partial charge in [-0.05, 0) is 25.5 Å². The standard InChI is InChI=1S/C13H20N4O/c1-3-10-8-18-9(2)7-17(10)11-4-5-16-12(6-11)13(14)15/h4-6,9-10H,3,7-8H2,1-2H3,(H3,14,15). The first-order valence-corrected chi connectivity index (χ1v) is 6.30. The first-order chi connectivity index (χ1) is 8.61. The average molecular weight is 248 g/mol.